The van der Waals surface area contributed by atoms with Gasteiger partial charge in [-0.15, -0.1) is 10.2 Å². The molecular weight excluding hydrogens is 632 g/mol. The van der Waals surface area contributed by atoms with Crippen LogP contribution in [-0.2, 0) is 12.0 Å². The normalized spacial score (nSPS) is 14.2. The fourth-order valence-electron chi connectivity index (χ4n) is 5.42. The minimum atomic E-state index is -0.187. The minimum absolute atomic E-state index is 0.187. The van der Waals surface area contributed by atoms with Crippen LogP contribution in [0.2, 0.25) is 20.1 Å². The number of hydrogen-bond donors (Lipinski definition) is 0. The van der Waals surface area contributed by atoms with Crippen LogP contribution in [0.4, 0.5) is 0 Å². The van der Waals surface area contributed by atoms with Crippen molar-refractivity contribution >= 4 is 57.7 Å². The van der Waals surface area contributed by atoms with E-state index >= 15 is 0 Å². The summed E-state index contributed by atoms with van der Waals surface area (Å²) >= 11 is 27.0. The van der Waals surface area contributed by atoms with Crippen molar-refractivity contribution in [1.29, 1.82) is 0 Å². The summed E-state index contributed by atoms with van der Waals surface area (Å²) in [7, 11) is 0. The largest absolute Gasteiger partial charge is 0.248 e. The number of halogens is 4. The molecule has 0 unspecified atom stereocenters. The molecule has 12 heteroatoms. The first kappa shape index (κ1) is 27.6. The second kappa shape index (κ2) is 11.1. The molecule has 0 N–H and O–H groups in total. The van der Waals surface area contributed by atoms with Gasteiger partial charge in [0.25, 0.3) is 0 Å². The molecule has 0 aliphatic heterocycles. The van der Waals surface area contributed by atoms with Crippen LogP contribution in [0.3, 0.4) is 0 Å². The maximum atomic E-state index is 6.74. The van der Waals surface area contributed by atoms with Crippen LogP contribution in [0.15, 0.2) is 79.4 Å². The molecule has 0 bridgehead atoms. The molecule has 0 spiro atoms. The number of rotatable bonds is 7. The number of nitrogens with zero attached hydrogens (tertiary/aromatic N) is 7. The van der Waals surface area contributed by atoms with Gasteiger partial charge in [0.2, 0.25) is 0 Å². The van der Waals surface area contributed by atoms with Crippen molar-refractivity contribution in [1.82, 2.24) is 34.7 Å². The Morgan fingerprint density at radius 2 is 1.55 bits per heavy atom. The first-order valence-corrected chi connectivity index (χ1v) is 15.5. The number of hydrogen-bond acceptors (Lipinski definition) is 6. The van der Waals surface area contributed by atoms with Crippen LogP contribution >= 0.6 is 57.7 Å². The maximum absolute atomic E-state index is 6.74. The van der Waals surface area contributed by atoms with Crippen LogP contribution in [0.1, 0.15) is 35.4 Å². The highest BCUT2D eigenvalue weighted by molar-refractivity contribution is 7.14. The Kier molecular flexibility index (Phi) is 7.28. The fraction of sp³-hybridized carbons (Fsp3) is 0.167. The van der Waals surface area contributed by atoms with E-state index in [-0.39, 0.29) is 5.41 Å². The lowest BCUT2D eigenvalue weighted by molar-refractivity contribution is 0.299. The highest BCUT2D eigenvalue weighted by Crippen LogP contribution is 2.51. The Labute approximate surface area is 265 Å². The second-order valence-corrected chi connectivity index (χ2v) is 12.8. The van der Waals surface area contributed by atoms with Gasteiger partial charge < -0.3 is 0 Å². The molecule has 1 saturated carbocycles. The van der Waals surface area contributed by atoms with Crippen LogP contribution < -0.4 is 0 Å². The highest BCUT2D eigenvalue weighted by atomic mass is 35.5. The Morgan fingerprint density at radius 3 is 2.19 bits per heavy atom. The van der Waals surface area contributed by atoms with E-state index in [1.807, 2.05) is 47.1 Å². The molecule has 0 amide bonds. The molecule has 7 rings (SSSR count). The molecule has 3 aromatic heterocycles. The summed E-state index contributed by atoms with van der Waals surface area (Å²) in [6, 6.07) is 21.0. The van der Waals surface area contributed by atoms with Gasteiger partial charge in [-0.3, -0.25) is 0 Å². The zero-order chi connectivity index (χ0) is 28.8. The van der Waals surface area contributed by atoms with Gasteiger partial charge >= 0.3 is 0 Å². The zero-order valence-corrected chi connectivity index (χ0v) is 25.7. The van der Waals surface area contributed by atoms with E-state index in [1.165, 1.54) is 11.9 Å². The quantitative estimate of drug-likeness (QED) is 0.172. The molecule has 3 aromatic carbocycles. The molecule has 42 heavy (non-hydrogen) atoms. The smallest absolute Gasteiger partial charge is 0.168 e. The third kappa shape index (κ3) is 4.91. The molecule has 0 atom stereocenters. The van der Waals surface area contributed by atoms with Gasteiger partial charge in [0.15, 0.2) is 5.01 Å². The summed E-state index contributed by atoms with van der Waals surface area (Å²) in [5.41, 5.74) is 5.01. The van der Waals surface area contributed by atoms with Crippen LogP contribution in [0.25, 0.3) is 27.6 Å². The lowest BCUT2D eigenvalue weighted by atomic mass is 9.65. The standard InChI is InChI=1S/C30H21Cl4N7S/c31-20-6-2-18(3-7-20)27-23(15-40-17-35-16-36-40)26(39-41(27)25-11-10-22(33)14-24(25)34)28-37-38-29(42-28)30(12-1-13-30)19-4-8-21(32)9-5-19/h2-11,14,16-17H,1,12-13,15H2. The molecule has 0 saturated heterocycles. The van der Waals surface area contributed by atoms with Crippen molar-refractivity contribution in [2.75, 3.05) is 0 Å². The predicted molar refractivity (Wildman–Crippen MR) is 168 cm³/mol. The van der Waals surface area contributed by atoms with Gasteiger partial charge in [0, 0.05) is 31.6 Å². The van der Waals surface area contributed by atoms with Crippen molar-refractivity contribution in [3.63, 3.8) is 0 Å². The summed E-state index contributed by atoms with van der Waals surface area (Å²) in [5, 5.41) is 23.0. The van der Waals surface area contributed by atoms with E-state index in [0.29, 0.717) is 43.0 Å². The summed E-state index contributed by atoms with van der Waals surface area (Å²) in [5.74, 6) is 0. The van der Waals surface area contributed by atoms with Gasteiger partial charge in [-0.2, -0.15) is 10.2 Å². The molecule has 7 nitrogen and oxygen atoms in total. The van der Waals surface area contributed by atoms with Gasteiger partial charge in [-0.05, 0) is 60.9 Å². The maximum Gasteiger partial charge on any atom is 0.168 e. The van der Waals surface area contributed by atoms with Gasteiger partial charge in [-0.25, -0.2) is 14.3 Å². The fourth-order valence-corrected chi connectivity index (χ4v) is 7.28. The molecule has 0 radical (unpaired) electrons. The average Bonchev–Trinajstić information content (AvgIpc) is 3.71. The van der Waals surface area contributed by atoms with E-state index in [4.69, 9.17) is 61.7 Å². The number of aromatic nitrogens is 7. The third-order valence-electron chi connectivity index (χ3n) is 7.67. The Balaban J connectivity index is 1.43. The summed E-state index contributed by atoms with van der Waals surface area (Å²) in [6.45, 7) is 0.399. The SMILES string of the molecule is Clc1ccc(-c2c(Cn3cncn3)c(-c3nnc(C4(c5ccc(Cl)cc5)CCC4)s3)nn2-c2ccc(Cl)cc2Cl)cc1. The second-order valence-electron chi connectivity index (χ2n) is 10.1. The monoisotopic (exact) mass is 651 g/mol. The summed E-state index contributed by atoms with van der Waals surface area (Å²) in [6.07, 6.45) is 6.31. The molecular formula is C30H21Cl4N7S. The Bertz CT molecular complexity index is 1880. The van der Waals surface area contributed by atoms with Crippen molar-refractivity contribution in [3.8, 4) is 27.6 Å². The van der Waals surface area contributed by atoms with E-state index in [2.05, 4.69) is 22.2 Å². The van der Waals surface area contributed by atoms with E-state index in [0.717, 1.165) is 41.1 Å². The molecule has 210 valence electrons. The van der Waals surface area contributed by atoms with Gasteiger partial charge in [-0.1, -0.05) is 88.4 Å². The van der Waals surface area contributed by atoms with E-state index < -0.39 is 0 Å². The van der Waals surface area contributed by atoms with Crippen LogP contribution in [0.5, 0.6) is 0 Å². The van der Waals surface area contributed by atoms with Gasteiger partial charge in [0.1, 0.15) is 23.4 Å². The first-order valence-electron chi connectivity index (χ1n) is 13.2. The summed E-state index contributed by atoms with van der Waals surface area (Å²) in [4.78, 5) is 4.16. The first-order chi connectivity index (χ1) is 20.4. The molecule has 3 heterocycles. The van der Waals surface area contributed by atoms with Crippen LogP contribution in [0, 0.1) is 0 Å². The minimum Gasteiger partial charge on any atom is -0.248 e. The lowest BCUT2D eigenvalue weighted by Crippen LogP contribution is -2.35. The molecule has 6 aromatic rings. The van der Waals surface area contributed by atoms with E-state index in [9.17, 15) is 0 Å². The Morgan fingerprint density at radius 1 is 0.833 bits per heavy atom. The Hall–Kier alpha value is -3.27. The number of benzene rings is 3. The topological polar surface area (TPSA) is 74.3 Å². The van der Waals surface area contributed by atoms with Crippen molar-refractivity contribution in [2.24, 2.45) is 0 Å². The highest BCUT2D eigenvalue weighted by Gasteiger charge is 2.44. The molecule has 1 aliphatic rings. The predicted octanol–water partition coefficient (Wildman–Crippen LogP) is 8.78. The van der Waals surface area contributed by atoms with Crippen molar-refractivity contribution in [2.45, 2.75) is 31.2 Å². The third-order valence-corrected chi connectivity index (χ3v) is 9.84. The molecule has 1 aliphatic carbocycles. The van der Waals surface area contributed by atoms with Gasteiger partial charge in [0.05, 0.1) is 22.9 Å². The van der Waals surface area contributed by atoms with Crippen molar-refractivity contribution < 1.29 is 0 Å². The summed E-state index contributed by atoms with van der Waals surface area (Å²) < 4.78 is 3.60. The van der Waals surface area contributed by atoms with E-state index in [1.54, 1.807) is 34.5 Å². The zero-order valence-electron chi connectivity index (χ0n) is 21.9. The van der Waals surface area contributed by atoms with Crippen LogP contribution in [-0.4, -0.2) is 34.7 Å². The average molecular weight is 653 g/mol. The lowest BCUT2D eigenvalue weighted by Gasteiger charge is -2.40. The van der Waals surface area contributed by atoms with Crippen molar-refractivity contribution in [3.05, 3.63) is 116 Å². The molecule has 1 fully saturated rings.